The van der Waals surface area contributed by atoms with Crippen LogP contribution in [0.15, 0.2) is 29.4 Å². The van der Waals surface area contributed by atoms with Crippen LogP contribution in [-0.2, 0) is 24.4 Å². The monoisotopic (exact) mass is 279 g/mol. The fourth-order valence-corrected chi connectivity index (χ4v) is 2.73. The van der Waals surface area contributed by atoms with Crippen LogP contribution in [0.25, 0.3) is 0 Å². The first-order valence-electron chi connectivity index (χ1n) is 6.55. The summed E-state index contributed by atoms with van der Waals surface area (Å²) in [5.41, 5.74) is 2.62. The fraction of sp³-hybridized carbons (Fsp3) is 0.500. The van der Waals surface area contributed by atoms with Gasteiger partial charge in [0, 0.05) is 39.5 Å². The van der Waals surface area contributed by atoms with Gasteiger partial charge in [-0.3, -0.25) is 4.90 Å². The quantitative estimate of drug-likeness (QED) is 0.744. The van der Waals surface area contributed by atoms with Gasteiger partial charge in [-0.15, -0.1) is 0 Å². The Morgan fingerprint density at radius 3 is 3.00 bits per heavy atom. The van der Waals surface area contributed by atoms with Gasteiger partial charge in [0.15, 0.2) is 0 Å². The van der Waals surface area contributed by atoms with Crippen LogP contribution in [0, 0.1) is 0 Å². The highest BCUT2D eigenvalue weighted by molar-refractivity contribution is 7.07. The van der Waals surface area contributed by atoms with Gasteiger partial charge in [0.05, 0.1) is 18.6 Å². The van der Waals surface area contributed by atoms with E-state index in [1.165, 1.54) is 11.3 Å². The molecular weight excluding hydrogens is 258 g/mol. The van der Waals surface area contributed by atoms with Crippen molar-refractivity contribution in [2.45, 2.75) is 26.6 Å². The lowest BCUT2D eigenvalue weighted by Crippen LogP contribution is -2.27. The van der Waals surface area contributed by atoms with Gasteiger partial charge in [0.25, 0.3) is 0 Å². The molecule has 0 fully saturated rings. The van der Waals surface area contributed by atoms with Gasteiger partial charge in [-0.25, -0.2) is 4.98 Å². The smallest absolute Gasteiger partial charge is 0.0948 e. The van der Waals surface area contributed by atoms with Gasteiger partial charge >= 0.3 is 0 Å². The van der Waals surface area contributed by atoms with E-state index in [-0.39, 0.29) is 0 Å². The zero-order valence-electron chi connectivity index (χ0n) is 11.6. The summed E-state index contributed by atoms with van der Waals surface area (Å²) in [6, 6.07) is 2.18. The number of thiophene rings is 1. The van der Waals surface area contributed by atoms with E-state index in [2.05, 4.69) is 38.2 Å². The minimum absolute atomic E-state index is 0.754. The Labute approximate surface area is 118 Å². The Morgan fingerprint density at radius 2 is 2.32 bits per heavy atom. The molecule has 2 aromatic heterocycles. The number of imidazole rings is 1. The van der Waals surface area contributed by atoms with Crippen molar-refractivity contribution in [2.75, 3.05) is 20.3 Å². The molecule has 2 rings (SSSR count). The molecule has 0 spiro atoms. The van der Waals surface area contributed by atoms with Gasteiger partial charge in [-0.05, 0) is 29.3 Å². The van der Waals surface area contributed by atoms with Crippen LogP contribution >= 0.6 is 11.3 Å². The molecule has 0 radical (unpaired) electrons. The van der Waals surface area contributed by atoms with Crippen molar-refractivity contribution in [2.24, 2.45) is 0 Å². The van der Waals surface area contributed by atoms with Crippen molar-refractivity contribution in [1.29, 1.82) is 0 Å². The Balaban J connectivity index is 2.00. The lowest BCUT2D eigenvalue weighted by Gasteiger charge is -2.22. The van der Waals surface area contributed by atoms with Gasteiger partial charge in [0.1, 0.15) is 0 Å². The molecule has 0 atom stereocenters. The third-order valence-corrected chi connectivity index (χ3v) is 3.85. The maximum Gasteiger partial charge on any atom is 0.0948 e. The van der Waals surface area contributed by atoms with E-state index in [4.69, 9.17) is 4.74 Å². The van der Waals surface area contributed by atoms with E-state index in [0.29, 0.717) is 0 Å². The Kier molecular flexibility index (Phi) is 5.57. The Bertz CT molecular complexity index is 467. The average molecular weight is 279 g/mol. The van der Waals surface area contributed by atoms with Crippen molar-refractivity contribution in [3.05, 3.63) is 40.6 Å². The van der Waals surface area contributed by atoms with Crippen molar-refractivity contribution in [3.8, 4) is 0 Å². The molecule has 4 nitrogen and oxygen atoms in total. The second-order valence-electron chi connectivity index (χ2n) is 4.51. The zero-order valence-corrected chi connectivity index (χ0v) is 12.4. The highest BCUT2D eigenvalue weighted by Crippen LogP contribution is 2.12. The minimum Gasteiger partial charge on any atom is -0.383 e. The van der Waals surface area contributed by atoms with Gasteiger partial charge < -0.3 is 9.30 Å². The van der Waals surface area contributed by atoms with Crippen LogP contribution < -0.4 is 0 Å². The largest absolute Gasteiger partial charge is 0.383 e. The van der Waals surface area contributed by atoms with Gasteiger partial charge in [-0.1, -0.05) is 0 Å². The molecule has 0 saturated carbocycles. The van der Waals surface area contributed by atoms with Crippen LogP contribution in [0.3, 0.4) is 0 Å². The number of hydrogen-bond donors (Lipinski definition) is 0. The Morgan fingerprint density at radius 1 is 1.42 bits per heavy atom. The lowest BCUT2D eigenvalue weighted by molar-refractivity contribution is 0.138. The topological polar surface area (TPSA) is 30.3 Å². The third kappa shape index (κ3) is 4.16. The molecule has 19 heavy (non-hydrogen) atoms. The molecule has 104 valence electrons. The predicted octanol–water partition coefficient (Wildman–Crippen LogP) is 2.61. The molecule has 0 unspecified atom stereocenters. The van der Waals surface area contributed by atoms with E-state index in [0.717, 1.165) is 32.8 Å². The number of ether oxygens (including phenoxy) is 1. The van der Waals surface area contributed by atoms with Crippen LogP contribution in [-0.4, -0.2) is 34.7 Å². The standard InChI is InChI=1S/C14H21N3OS/c1-3-17-12-15-8-14(17)10-16(5-6-18-2)9-13-4-7-19-11-13/h4,7-8,11-12H,3,5-6,9-10H2,1-2H3. The summed E-state index contributed by atoms with van der Waals surface area (Å²) in [7, 11) is 1.75. The van der Waals surface area contributed by atoms with Crippen molar-refractivity contribution >= 4 is 11.3 Å². The first kappa shape index (κ1) is 14.2. The summed E-state index contributed by atoms with van der Waals surface area (Å²) >= 11 is 1.75. The molecule has 2 aromatic rings. The Hall–Kier alpha value is -1.17. The summed E-state index contributed by atoms with van der Waals surface area (Å²) in [5.74, 6) is 0. The minimum atomic E-state index is 0.754. The number of hydrogen-bond acceptors (Lipinski definition) is 4. The molecule has 0 aliphatic carbocycles. The van der Waals surface area contributed by atoms with E-state index >= 15 is 0 Å². The highest BCUT2D eigenvalue weighted by atomic mass is 32.1. The molecule has 0 aromatic carbocycles. The second kappa shape index (κ2) is 7.43. The van der Waals surface area contributed by atoms with Gasteiger partial charge in [0.2, 0.25) is 0 Å². The average Bonchev–Trinajstić information content (AvgIpc) is 3.07. The van der Waals surface area contributed by atoms with E-state index in [1.807, 2.05) is 12.5 Å². The van der Waals surface area contributed by atoms with Crippen LogP contribution in [0.1, 0.15) is 18.2 Å². The zero-order chi connectivity index (χ0) is 13.5. The van der Waals surface area contributed by atoms with Crippen LogP contribution in [0.5, 0.6) is 0 Å². The fourth-order valence-electron chi connectivity index (χ4n) is 2.07. The number of nitrogens with zero attached hydrogens (tertiary/aromatic N) is 3. The maximum atomic E-state index is 5.21. The van der Waals surface area contributed by atoms with E-state index in [9.17, 15) is 0 Å². The van der Waals surface area contributed by atoms with Crippen molar-refractivity contribution in [3.63, 3.8) is 0 Å². The molecular formula is C14H21N3OS. The van der Waals surface area contributed by atoms with Crippen LogP contribution in [0.2, 0.25) is 0 Å². The lowest BCUT2D eigenvalue weighted by atomic mass is 10.3. The molecule has 0 amide bonds. The molecule has 0 aliphatic heterocycles. The summed E-state index contributed by atoms with van der Waals surface area (Å²) in [4.78, 5) is 6.63. The molecule has 0 saturated heterocycles. The van der Waals surface area contributed by atoms with Crippen LogP contribution in [0.4, 0.5) is 0 Å². The first-order valence-corrected chi connectivity index (χ1v) is 7.49. The first-order chi connectivity index (χ1) is 9.33. The van der Waals surface area contributed by atoms with E-state index in [1.54, 1.807) is 18.4 Å². The highest BCUT2D eigenvalue weighted by Gasteiger charge is 2.10. The maximum absolute atomic E-state index is 5.21. The number of aryl methyl sites for hydroxylation is 1. The normalized spacial score (nSPS) is 11.3. The van der Waals surface area contributed by atoms with Gasteiger partial charge in [-0.2, -0.15) is 11.3 Å². The van der Waals surface area contributed by atoms with E-state index < -0.39 is 0 Å². The summed E-state index contributed by atoms with van der Waals surface area (Å²) in [6.45, 7) is 6.66. The second-order valence-corrected chi connectivity index (χ2v) is 5.29. The molecule has 0 aliphatic rings. The summed E-state index contributed by atoms with van der Waals surface area (Å²) in [6.07, 6.45) is 3.85. The summed E-state index contributed by atoms with van der Waals surface area (Å²) in [5, 5.41) is 4.33. The molecule has 5 heteroatoms. The number of aromatic nitrogens is 2. The predicted molar refractivity (Wildman–Crippen MR) is 78.2 cm³/mol. The van der Waals surface area contributed by atoms with Crippen molar-refractivity contribution < 1.29 is 4.74 Å². The number of methoxy groups -OCH3 is 1. The summed E-state index contributed by atoms with van der Waals surface area (Å²) < 4.78 is 7.39. The molecule has 0 N–H and O–H groups in total. The SMILES string of the molecule is CCn1cncc1CN(CCOC)Cc1ccsc1. The third-order valence-electron chi connectivity index (χ3n) is 3.12. The number of rotatable bonds is 8. The molecule has 2 heterocycles. The van der Waals surface area contributed by atoms with Crippen molar-refractivity contribution in [1.82, 2.24) is 14.5 Å². The molecule has 0 bridgehead atoms.